The third-order valence-corrected chi connectivity index (χ3v) is 9.77. The minimum atomic E-state index is -4.34. The van der Waals surface area contributed by atoms with Crippen LogP contribution in [0.3, 0.4) is 0 Å². The summed E-state index contributed by atoms with van der Waals surface area (Å²) < 4.78 is 24.5. The summed E-state index contributed by atoms with van der Waals surface area (Å²) in [5.74, 6) is 0. The summed E-state index contributed by atoms with van der Waals surface area (Å²) in [6, 6.07) is 28.8. The molecule has 5 nitrogen and oxygen atoms in total. The second kappa shape index (κ2) is 9.77. The van der Waals surface area contributed by atoms with Gasteiger partial charge in [-0.3, -0.25) is 4.52 Å². The molecular formula is C22H26NO4P2+. The van der Waals surface area contributed by atoms with E-state index in [1.54, 1.807) is 0 Å². The van der Waals surface area contributed by atoms with Crippen LogP contribution in [0.5, 0.6) is 0 Å². The van der Waals surface area contributed by atoms with Crippen LogP contribution < -0.4 is 15.9 Å². The first-order valence-electron chi connectivity index (χ1n) is 9.33. The highest BCUT2D eigenvalue weighted by molar-refractivity contribution is 7.94. The van der Waals surface area contributed by atoms with Crippen LogP contribution >= 0.6 is 15.3 Å². The number of likely N-dealkylation sites (N-methyl/N-ethyl adjacent to an activating group) is 1. The fourth-order valence-corrected chi connectivity index (χ4v) is 8.56. The fourth-order valence-electron chi connectivity index (χ4n) is 3.02. The SMILES string of the molecule is CN(C)CCOP(=O)(O)O[P+](c1ccccc1)(c1ccccc1)c1ccccc1. The van der Waals surface area contributed by atoms with Crippen molar-refractivity contribution in [2.45, 2.75) is 0 Å². The van der Waals surface area contributed by atoms with E-state index in [0.29, 0.717) is 6.54 Å². The topological polar surface area (TPSA) is 59.0 Å². The Morgan fingerprint density at radius 1 is 0.793 bits per heavy atom. The molecule has 0 aliphatic carbocycles. The van der Waals surface area contributed by atoms with E-state index in [1.165, 1.54) is 0 Å². The van der Waals surface area contributed by atoms with Gasteiger partial charge in [-0.25, -0.2) is 4.57 Å². The van der Waals surface area contributed by atoms with Crippen LogP contribution in [-0.2, 0) is 13.4 Å². The quantitative estimate of drug-likeness (QED) is 0.526. The molecule has 0 amide bonds. The Morgan fingerprint density at radius 3 is 1.52 bits per heavy atom. The molecule has 0 aliphatic rings. The van der Waals surface area contributed by atoms with Gasteiger partial charge in [0, 0.05) is 6.54 Å². The largest absolute Gasteiger partial charge is 0.506 e. The molecule has 0 aliphatic heterocycles. The summed E-state index contributed by atoms with van der Waals surface area (Å²) >= 11 is 0. The van der Waals surface area contributed by atoms with Gasteiger partial charge in [-0.1, -0.05) is 54.6 Å². The lowest BCUT2D eigenvalue weighted by molar-refractivity contribution is 0.190. The lowest BCUT2D eigenvalue weighted by atomic mass is 10.4. The van der Waals surface area contributed by atoms with E-state index in [0.717, 1.165) is 15.9 Å². The maximum absolute atomic E-state index is 13.1. The second-order valence-electron chi connectivity index (χ2n) is 6.80. The number of benzene rings is 3. The van der Waals surface area contributed by atoms with E-state index in [2.05, 4.69) is 0 Å². The van der Waals surface area contributed by atoms with Gasteiger partial charge in [-0.2, -0.15) is 0 Å². The van der Waals surface area contributed by atoms with Crippen LogP contribution in [0.2, 0.25) is 0 Å². The highest BCUT2D eigenvalue weighted by Gasteiger charge is 2.54. The first kappa shape index (κ1) is 21.9. The Morgan fingerprint density at radius 2 is 1.17 bits per heavy atom. The fraction of sp³-hybridized carbons (Fsp3) is 0.182. The van der Waals surface area contributed by atoms with Crippen LogP contribution in [0.25, 0.3) is 0 Å². The van der Waals surface area contributed by atoms with E-state index in [9.17, 15) is 9.46 Å². The van der Waals surface area contributed by atoms with E-state index in [-0.39, 0.29) is 6.61 Å². The molecule has 7 heteroatoms. The smallest absolute Gasteiger partial charge is 0.307 e. The normalized spacial score (nSPS) is 13.9. The van der Waals surface area contributed by atoms with Crippen LogP contribution in [0.1, 0.15) is 0 Å². The zero-order valence-corrected chi connectivity index (χ0v) is 18.4. The first-order valence-corrected chi connectivity index (χ1v) is 12.5. The van der Waals surface area contributed by atoms with Gasteiger partial charge in [0.1, 0.15) is 15.9 Å². The molecule has 0 bridgehead atoms. The van der Waals surface area contributed by atoms with E-state index in [4.69, 9.17) is 8.83 Å². The Bertz CT molecular complexity index is 840. The molecule has 3 aromatic rings. The minimum absolute atomic E-state index is 0.0964. The Balaban J connectivity index is 2.14. The van der Waals surface area contributed by atoms with Gasteiger partial charge < -0.3 is 9.79 Å². The molecule has 1 atom stereocenters. The number of hydrogen-bond acceptors (Lipinski definition) is 4. The average Bonchev–Trinajstić information content (AvgIpc) is 2.73. The molecular weight excluding hydrogens is 404 g/mol. The monoisotopic (exact) mass is 430 g/mol. The molecule has 3 rings (SSSR count). The van der Waals surface area contributed by atoms with Crippen molar-refractivity contribution in [1.29, 1.82) is 0 Å². The third kappa shape index (κ3) is 5.40. The van der Waals surface area contributed by atoms with Crippen LogP contribution in [0.15, 0.2) is 91.0 Å². The molecule has 29 heavy (non-hydrogen) atoms. The van der Waals surface area contributed by atoms with Crippen LogP contribution in [0.4, 0.5) is 0 Å². The highest BCUT2D eigenvalue weighted by atomic mass is 31.3. The van der Waals surface area contributed by atoms with Gasteiger partial charge in [0.15, 0.2) is 0 Å². The highest BCUT2D eigenvalue weighted by Crippen LogP contribution is 2.67. The lowest BCUT2D eigenvalue weighted by Gasteiger charge is -2.26. The standard InChI is InChI=1S/C22H25NO4P2/c1-23(2)18-19-26-29(24,25)27-28(20-12-6-3-7-13-20,21-14-8-4-9-15-21)22-16-10-5-11-17-22/h3-17H,18-19H2,1-2H3/p+1. The molecule has 3 aromatic carbocycles. The maximum Gasteiger partial charge on any atom is 0.506 e. The van der Waals surface area contributed by atoms with Crippen molar-refractivity contribution in [2.75, 3.05) is 27.2 Å². The summed E-state index contributed by atoms with van der Waals surface area (Å²) in [5, 5.41) is 2.55. The molecule has 152 valence electrons. The molecule has 0 aromatic heterocycles. The van der Waals surface area contributed by atoms with Crippen molar-refractivity contribution in [1.82, 2.24) is 4.90 Å². The van der Waals surface area contributed by atoms with Crippen molar-refractivity contribution >= 4 is 31.2 Å². The summed E-state index contributed by atoms with van der Waals surface area (Å²) in [6.07, 6.45) is 0. The zero-order valence-electron chi connectivity index (χ0n) is 16.6. The summed E-state index contributed by atoms with van der Waals surface area (Å²) in [7, 11) is -3.48. The molecule has 0 saturated heterocycles. The summed E-state index contributed by atoms with van der Waals surface area (Å²) in [4.78, 5) is 12.6. The van der Waals surface area contributed by atoms with Gasteiger partial charge in [0.25, 0.3) is 7.49 Å². The van der Waals surface area contributed by atoms with Crippen molar-refractivity contribution in [3.05, 3.63) is 91.0 Å². The predicted octanol–water partition coefficient (Wildman–Crippen LogP) is 3.59. The van der Waals surface area contributed by atoms with Crippen molar-refractivity contribution in [2.24, 2.45) is 0 Å². The van der Waals surface area contributed by atoms with Crippen LogP contribution in [0, 0.1) is 0 Å². The van der Waals surface area contributed by atoms with Crippen molar-refractivity contribution < 1.29 is 18.3 Å². The minimum Gasteiger partial charge on any atom is -0.307 e. The molecule has 0 radical (unpaired) electrons. The number of hydrogen-bond donors (Lipinski definition) is 1. The molecule has 0 fully saturated rings. The van der Waals surface area contributed by atoms with E-state index in [1.807, 2.05) is 110 Å². The van der Waals surface area contributed by atoms with E-state index >= 15 is 0 Å². The lowest BCUT2D eigenvalue weighted by Crippen LogP contribution is -2.32. The number of phosphoric ester groups is 1. The Labute approximate surface area is 173 Å². The Hall–Kier alpha value is -1.84. The molecule has 1 N–H and O–H groups in total. The van der Waals surface area contributed by atoms with Crippen molar-refractivity contribution in [3.8, 4) is 0 Å². The van der Waals surface area contributed by atoms with Crippen LogP contribution in [-0.4, -0.2) is 37.0 Å². The predicted molar refractivity (Wildman–Crippen MR) is 121 cm³/mol. The molecule has 0 heterocycles. The van der Waals surface area contributed by atoms with Gasteiger partial charge in [0.2, 0.25) is 0 Å². The third-order valence-electron chi connectivity index (χ3n) is 4.38. The number of nitrogens with zero attached hydrogens (tertiary/aromatic N) is 1. The number of phosphoric acid groups is 1. The molecule has 1 unspecified atom stereocenters. The zero-order chi connectivity index (χ0) is 20.7. The van der Waals surface area contributed by atoms with Gasteiger partial charge >= 0.3 is 7.82 Å². The van der Waals surface area contributed by atoms with Crippen molar-refractivity contribution in [3.63, 3.8) is 0 Å². The summed E-state index contributed by atoms with van der Waals surface area (Å²) in [5.41, 5.74) is 0. The Kier molecular flexibility index (Phi) is 7.37. The van der Waals surface area contributed by atoms with Gasteiger partial charge in [-0.05, 0) is 50.5 Å². The summed E-state index contributed by atoms with van der Waals surface area (Å²) in [6.45, 7) is 0.612. The molecule has 0 spiro atoms. The molecule has 0 saturated carbocycles. The van der Waals surface area contributed by atoms with Gasteiger partial charge in [0.05, 0.1) is 6.61 Å². The maximum atomic E-state index is 13.1. The second-order valence-corrected chi connectivity index (χ2v) is 11.4. The first-order chi connectivity index (χ1) is 13.9. The number of rotatable bonds is 9. The average molecular weight is 430 g/mol. The van der Waals surface area contributed by atoms with E-state index < -0.39 is 15.3 Å². The van der Waals surface area contributed by atoms with Gasteiger partial charge in [-0.15, -0.1) is 4.31 Å².